The molecule has 0 fully saturated rings. The molecule has 0 spiro atoms. The van der Waals surface area contributed by atoms with Crippen molar-refractivity contribution < 1.29 is 32.7 Å². The van der Waals surface area contributed by atoms with Crippen molar-refractivity contribution in [1.29, 1.82) is 0 Å². The number of amides is 3. The predicted molar refractivity (Wildman–Crippen MR) is 125 cm³/mol. The Kier molecular flexibility index (Phi) is 11.1. The Bertz CT molecular complexity index is 975. The third-order valence-corrected chi connectivity index (χ3v) is 5.68. The molecule has 0 aliphatic rings. The monoisotopic (exact) mass is 498 g/mol. The molecule has 1 aromatic rings. The molecule has 0 aliphatic carbocycles. The fourth-order valence-electron chi connectivity index (χ4n) is 3.13. The second kappa shape index (κ2) is 13.0. The van der Waals surface area contributed by atoms with Crippen LogP contribution in [0.4, 0.5) is 0 Å². The second-order valence-electron chi connectivity index (χ2n) is 8.85. The summed E-state index contributed by atoms with van der Waals surface area (Å²) in [5.41, 5.74) is 0.138. The van der Waals surface area contributed by atoms with E-state index >= 15 is 0 Å². The van der Waals surface area contributed by atoms with Crippen molar-refractivity contribution >= 4 is 33.7 Å². The number of carboxylic acids is 1. The summed E-state index contributed by atoms with van der Waals surface area (Å²) in [6.45, 7) is 7.43. The first kappa shape index (κ1) is 29.0. The first-order chi connectivity index (χ1) is 15.7. The highest BCUT2D eigenvalue weighted by Gasteiger charge is 2.28. The van der Waals surface area contributed by atoms with Crippen LogP contribution in [0.15, 0.2) is 29.2 Å². The molecular weight excluding hydrogens is 464 g/mol. The van der Waals surface area contributed by atoms with E-state index in [1.807, 2.05) is 27.7 Å². The lowest BCUT2D eigenvalue weighted by molar-refractivity contribution is -0.137. The van der Waals surface area contributed by atoms with Gasteiger partial charge in [0.05, 0.1) is 11.3 Å². The van der Waals surface area contributed by atoms with Gasteiger partial charge in [-0.25, -0.2) is 13.6 Å². The number of sulfonamides is 1. The van der Waals surface area contributed by atoms with E-state index in [2.05, 4.69) is 16.0 Å². The molecule has 34 heavy (non-hydrogen) atoms. The second-order valence-corrected chi connectivity index (χ2v) is 10.4. The van der Waals surface area contributed by atoms with Gasteiger partial charge in [0.2, 0.25) is 21.8 Å². The van der Waals surface area contributed by atoms with Crippen molar-refractivity contribution in [3.05, 3.63) is 29.8 Å². The molecule has 0 radical (unpaired) electrons. The number of hydrogen-bond donors (Lipinski definition) is 5. The molecule has 1 aromatic carbocycles. The average molecular weight is 499 g/mol. The van der Waals surface area contributed by atoms with E-state index in [0.717, 1.165) is 0 Å². The van der Waals surface area contributed by atoms with Gasteiger partial charge in [-0.1, -0.05) is 27.7 Å². The fraction of sp³-hybridized carbons (Fsp3) is 0.545. The predicted octanol–water partition coefficient (Wildman–Crippen LogP) is 0.600. The molecule has 0 heterocycles. The topological polar surface area (TPSA) is 185 Å². The highest BCUT2D eigenvalue weighted by molar-refractivity contribution is 7.89. The lowest BCUT2D eigenvalue weighted by atomic mass is 9.99. The zero-order valence-electron chi connectivity index (χ0n) is 19.8. The number of rotatable bonds is 13. The van der Waals surface area contributed by atoms with Gasteiger partial charge in [-0.05, 0) is 48.9 Å². The Morgan fingerprint density at radius 3 is 1.82 bits per heavy atom. The molecule has 2 atom stereocenters. The number of carbonyl (C=O) groups is 4. The van der Waals surface area contributed by atoms with Crippen LogP contribution >= 0.6 is 0 Å². The number of nitrogens with one attached hydrogen (secondary N) is 3. The minimum absolute atomic E-state index is 0.0359. The fourth-order valence-corrected chi connectivity index (χ4v) is 3.65. The quantitative estimate of drug-likeness (QED) is 0.263. The van der Waals surface area contributed by atoms with Gasteiger partial charge in [0.1, 0.15) is 12.1 Å². The van der Waals surface area contributed by atoms with Gasteiger partial charge >= 0.3 is 5.97 Å². The molecule has 0 aliphatic heterocycles. The number of carboxylic acid groups (broad SMARTS) is 1. The van der Waals surface area contributed by atoms with Gasteiger partial charge in [-0.3, -0.25) is 19.2 Å². The van der Waals surface area contributed by atoms with Crippen molar-refractivity contribution in [3.63, 3.8) is 0 Å². The highest BCUT2D eigenvalue weighted by atomic mass is 32.2. The molecular formula is C22H34N4O7S. The van der Waals surface area contributed by atoms with Crippen LogP contribution in [0.2, 0.25) is 0 Å². The van der Waals surface area contributed by atoms with Crippen LogP contribution in [-0.4, -0.2) is 55.8 Å². The molecule has 0 bridgehead atoms. The maximum atomic E-state index is 13.0. The maximum absolute atomic E-state index is 13.0. The van der Waals surface area contributed by atoms with Crippen molar-refractivity contribution in [2.75, 3.05) is 6.54 Å². The Labute approximate surface area is 199 Å². The number of benzene rings is 1. The molecule has 0 saturated heterocycles. The minimum Gasteiger partial charge on any atom is -0.481 e. The van der Waals surface area contributed by atoms with Gasteiger partial charge in [0.15, 0.2) is 0 Å². The van der Waals surface area contributed by atoms with Crippen molar-refractivity contribution in [1.82, 2.24) is 16.0 Å². The smallest absolute Gasteiger partial charge is 0.305 e. The number of hydrogen-bond acceptors (Lipinski definition) is 6. The van der Waals surface area contributed by atoms with Gasteiger partial charge < -0.3 is 21.1 Å². The number of nitrogens with two attached hydrogens (primary N) is 1. The van der Waals surface area contributed by atoms with Crippen LogP contribution < -0.4 is 21.1 Å². The van der Waals surface area contributed by atoms with Gasteiger partial charge in [0.25, 0.3) is 5.91 Å². The van der Waals surface area contributed by atoms with E-state index < -0.39 is 45.8 Å². The summed E-state index contributed by atoms with van der Waals surface area (Å²) in [4.78, 5) is 48.8. The Morgan fingerprint density at radius 2 is 1.38 bits per heavy atom. The largest absolute Gasteiger partial charge is 0.481 e. The molecule has 3 amide bonds. The van der Waals surface area contributed by atoms with E-state index in [-0.39, 0.29) is 35.3 Å². The summed E-state index contributed by atoms with van der Waals surface area (Å²) >= 11 is 0. The van der Waals surface area contributed by atoms with Crippen molar-refractivity contribution in [2.45, 2.75) is 63.9 Å². The van der Waals surface area contributed by atoms with E-state index in [1.54, 1.807) is 0 Å². The number of carbonyl (C=O) groups excluding carboxylic acids is 3. The number of primary sulfonamides is 1. The lowest BCUT2D eigenvalue weighted by Gasteiger charge is -2.25. The van der Waals surface area contributed by atoms with Gasteiger partial charge in [-0.15, -0.1) is 0 Å². The summed E-state index contributed by atoms with van der Waals surface area (Å²) in [5.74, 6) is -2.60. The summed E-state index contributed by atoms with van der Waals surface area (Å²) in [7, 11) is -3.91. The zero-order valence-corrected chi connectivity index (χ0v) is 20.6. The summed E-state index contributed by atoms with van der Waals surface area (Å²) in [5, 5.41) is 21.6. The van der Waals surface area contributed by atoms with Gasteiger partial charge in [0, 0.05) is 12.1 Å². The summed E-state index contributed by atoms with van der Waals surface area (Å²) < 4.78 is 22.8. The Morgan fingerprint density at radius 1 is 0.882 bits per heavy atom. The Balaban J connectivity index is 2.97. The maximum Gasteiger partial charge on any atom is 0.305 e. The van der Waals surface area contributed by atoms with E-state index in [9.17, 15) is 27.6 Å². The van der Waals surface area contributed by atoms with Crippen LogP contribution in [0, 0.1) is 11.8 Å². The molecule has 0 unspecified atom stereocenters. The normalized spacial score (nSPS) is 13.3. The lowest BCUT2D eigenvalue weighted by Crippen LogP contribution is -2.54. The number of aliphatic carboxylic acids is 1. The van der Waals surface area contributed by atoms with Gasteiger partial charge in [-0.2, -0.15) is 0 Å². The third kappa shape index (κ3) is 10.3. The molecule has 0 saturated carbocycles. The third-order valence-electron chi connectivity index (χ3n) is 4.75. The van der Waals surface area contributed by atoms with Crippen LogP contribution in [0.25, 0.3) is 0 Å². The summed E-state index contributed by atoms with van der Waals surface area (Å²) in [6, 6.07) is 3.12. The highest BCUT2D eigenvalue weighted by Crippen LogP contribution is 2.12. The van der Waals surface area contributed by atoms with E-state index in [0.29, 0.717) is 12.8 Å². The minimum atomic E-state index is -3.91. The van der Waals surface area contributed by atoms with Crippen LogP contribution in [0.5, 0.6) is 0 Å². The molecule has 6 N–H and O–H groups in total. The standard InChI is InChI=1S/C22H34N4O7S/c1-13(2)11-17(21(30)24-10-9-19(27)28)26-22(31)18(12-14(3)4)25-20(29)15-5-7-16(8-6-15)34(23,32)33/h5-8,13-14,17-18H,9-12H2,1-4H3,(H,24,30)(H,25,29)(H,26,31)(H,27,28)(H2,23,32,33)/t17-,18-/m1/s1. The molecule has 190 valence electrons. The van der Waals surface area contributed by atoms with Crippen LogP contribution in [0.3, 0.4) is 0 Å². The van der Waals surface area contributed by atoms with Crippen molar-refractivity contribution in [3.8, 4) is 0 Å². The molecule has 1 rings (SSSR count). The molecule has 11 nitrogen and oxygen atoms in total. The summed E-state index contributed by atoms with van der Waals surface area (Å²) in [6.07, 6.45) is 0.369. The van der Waals surface area contributed by atoms with E-state index in [4.69, 9.17) is 10.2 Å². The SMILES string of the molecule is CC(C)C[C@@H](NC(=O)c1ccc(S(N)(=O)=O)cc1)C(=O)N[C@H](CC(C)C)C(=O)NCCC(=O)O. The average Bonchev–Trinajstić information content (AvgIpc) is 2.71. The van der Waals surface area contributed by atoms with Crippen LogP contribution in [0.1, 0.15) is 57.3 Å². The Hall–Kier alpha value is -2.99. The zero-order chi connectivity index (χ0) is 26.1. The van der Waals surface area contributed by atoms with Crippen LogP contribution in [-0.2, 0) is 24.4 Å². The van der Waals surface area contributed by atoms with E-state index in [1.165, 1.54) is 24.3 Å². The molecule has 12 heteroatoms. The molecule has 0 aromatic heterocycles. The first-order valence-corrected chi connectivity index (χ1v) is 12.5. The van der Waals surface area contributed by atoms with Crippen molar-refractivity contribution in [2.24, 2.45) is 17.0 Å². The first-order valence-electron chi connectivity index (χ1n) is 10.9.